The maximum Gasteiger partial charge on any atom is 0.228 e. The molecule has 0 aromatic heterocycles. The number of nitrogens with one attached hydrogen (secondary N) is 2. The summed E-state index contributed by atoms with van der Waals surface area (Å²) in [5, 5.41) is 5.21. The number of carbonyl (C=O) groups is 1. The van der Waals surface area contributed by atoms with Gasteiger partial charge in [0.25, 0.3) is 0 Å². The number of hydrogen-bond donors (Lipinski definition) is 2. The van der Waals surface area contributed by atoms with E-state index in [-0.39, 0.29) is 22.5 Å². The summed E-state index contributed by atoms with van der Waals surface area (Å²) in [6, 6.07) is 1.63. The van der Waals surface area contributed by atoms with Gasteiger partial charge < -0.3 is 10.6 Å². The average molecular weight is 277 g/mol. The SMILES string of the molecule is CCNCC(C)C(=O)Nc1c(F)cc(F)cc1Cl. The molecule has 1 aromatic rings. The summed E-state index contributed by atoms with van der Waals surface area (Å²) in [5.41, 5.74) is -0.189. The van der Waals surface area contributed by atoms with Crippen molar-refractivity contribution in [1.82, 2.24) is 5.32 Å². The number of anilines is 1. The summed E-state index contributed by atoms with van der Waals surface area (Å²) < 4.78 is 26.3. The molecule has 1 unspecified atom stereocenters. The van der Waals surface area contributed by atoms with Crippen LogP contribution in [0.3, 0.4) is 0 Å². The van der Waals surface area contributed by atoms with Gasteiger partial charge >= 0.3 is 0 Å². The lowest BCUT2D eigenvalue weighted by Gasteiger charge is -2.14. The summed E-state index contributed by atoms with van der Waals surface area (Å²) in [4.78, 5) is 11.7. The van der Waals surface area contributed by atoms with Crippen LogP contribution in [-0.2, 0) is 4.79 Å². The van der Waals surface area contributed by atoms with Gasteiger partial charge in [-0.1, -0.05) is 25.4 Å². The first-order valence-corrected chi connectivity index (χ1v) is 5.99. The minimum atomic E-state index is -0.885. The molecule has 1 atom stereocenters. The van der Waals surface area contributed by atoms with Crippen LogP contribution in [0.1, 0.15) is 13.8 Å². The molecule has 0 radical (unpaired) electrons. The third-order valence-corrected chi connectivity index (χ3v) is 2.70. The van der Waals surface area contributed by atoms with Gasteiger partial charge in [0.2, 0.25) is 5.91 Å². The molecule has 1 rings (SSSR count). The van der Waals surface area contributed by atoms with E-state index in [1.807, 2.05) is 6.92 Å². The minimum absolute atomic E-state index is 0.156. The first kappa shape index (κ1) is 14.9. The Labute approximate surface area is 110 Å². The minimum Gasteiger partial charge on any atom is -0.322 e. The molecule has 2 N–H and O–H groups in total. The molecule has 100 valence electrons. The number of amides is 1. The summed E-state index contributed by atoms with van der Waals surface area (Å²) in [6.45, 7) is 4.83. The molecular weight excluding hydrogens is 262 g/mol. The summed E-state index contributed by atoms with van der Waals surface area (Å²) in [7, 11) is 0. The standard InChI is InChI=1S/C12H15ClF2N2O/c1-3-16-6-7(2)12(18)17-11-9(13)4-8(14)5-10(11)15/h4-5,7,16H,3,6H2,1-2H3,(H,17,18). The number of halogens is 3. The first-order chi connectivity index (χ1) is 8.45. The second-order valence-electron chi connectivity index (χ2n) is 3.94. The predicted molar refractivity (Wildman–Crippen MR) is 67.7 cm³/mol. The monoisotopic (exact) mass is 276 g/mol. The molecule has 0 aliphatic rings. The molecule has 18 heavy (non-hydrogen) atoms. The second-order valence-corrected chi connectivity index (χ2v) is 4.35. The third-order valence-electron chi connectivity index (χ3n) is 2.40. The molecule has 0 bridgehead atoms. The quantitative estimate of drug-likeness (QED) is 0.868. The van der Waals surface area contributed by atoms with Crippen molar-refractivity contribution < 1.29 is 13.6 Å². The molecule has 6 heteroatoms. The molecule has 0 aliphatic heterocycles. The van der Waals surface area contributed by atoms with Gasteiger partial charge in [0.1, 0.15) is 5.82 Å². The molecule has 3 nitrogen and oxygen atoms in total. The van der Waals surface area contributed by atoms with Crippen molar-refractivity contribution in [2.75, 3.05) is 18.4 Å². The van der Waals surface area contributed by atoms with Crippen LogP contribution < -0.4 is 10.6 Å². The zero-order chi connectivity index (χ0) is 13.7. The van der Waals surface area contributed by atoms with Gasteiger partial charge in [0, 0.05) is 18.5 Å². The Morgan fingerprint density at radius 2 is 2.11 bits per heavy atom. The Kier molecular flexibility index (Phi) is 5.50. The second kappa shape index (κ2) is 6.66. The van der Waals surface area contributed by atoms with Crippen LogP contribution >= 0.6 is 11.6 Å². The van der Waals surface area contributed by atoms with Crippen LogP contribution in [0.5, 0.6) is 0 Å². The number of benzene rings is 1. The summed E-state index contributed by atoms with van der Waals surface area (Å²) in [5.74, 6) is -2.38. The molecule has 0 aliphatic carbocycles. The van der Waals surface area contributed by atoms with Gasteiger partial charge in [-0.25, -0.2) is 8.78 Å². The molecule has 0 saturated carbocycles. The average Bonchev–Trinajstić information content (AvgIpc) is 2.30. The van der Waals surface area contributed by atoms with Gasteiger partial charge in [0.15, 0.2) is 5.82 Å². The fraction of sp³-hybridized carbons (Fsp3) is 0.417. The Bertz CT molecular complexity index is 417. The van der Waals surface area contributed by atoms with E-state index in [2.05, 4.69) is 10.6 Å². The Balaban J connectivity index is 2.76. The number of hydrogen-bond acceptors (Lipinski definition) is 2. The zero-order valence-corrected chi connectivity index (χ0v) is 10.9. The Morgan fingerprint density at radius 1 is 1.44 bits per heavy atom. The molecule has 1 aromatic carbocycles. The maximum absolute atomic E-state index is 13.4. The van der Waals surface area contributed by atoms with Gasteiger partial charge in [-0.3, -0.25) is 4.79 Å². The van der Waals surface area contributed by atoms with Crippen LogP contribution in [0.25, 0.3) is 0 Å². The van der Waals surface area contributed by atoms with Crippen LogP contribution in [0.15, 0.2) is 12.1 Å². The van der Waals surface area contributed by atoms with Crippen LogP contribution in [0, 0.1) is 17.6 Å². The van der Waals surface area contributed by atoms with E-state index < -0.39 is 11.6 Å². The Hall–Kier alpha value is -1.20. The lowest BCUT2D eigenvalue weighted by Crippen LogP contribution is -2.30. The molecule has 0 heterocycles. The van der Waals surface area contributed by atoms with E-state index in [0.717, 1.165) is 12.6 Å². The van der Waals surface area contributed by atoms with Crippen LogP contribution in [0.2, 0.25) is 5.02 Å². The third kappa shape index (κ3) is 3.92. The lowest BCUT2D eigenvalue weighted by molar-refractivity contribution is -0.119. The van der Waals surface area contributed by atoms with Crippen molar-refractivity contribution in [3.8, 4) is 0 Å². The van der Waals surface area contributed by atoms with Gasteiger partial charge in [-0.05, 0) is 12.6 Å². The highest BCUT2D eigenvalue weighted by Crippen LogP contribution is 2.26. The van der Waals surface area contributed by atoms with E-state index in [1.54, 1.807) is 6.92 Å². The predicted octanol–water partition coefficient (Wildman–Crippen LogP) is 2.80. The zero-order valence-electron chi connectivity index (χ0n) is 10.2. The fourth-order valence-electron chi connectivity index (χ4n) is 1.36. The van der Waals surface area contributed by atoms with Gasteiger partial charge in [-0.2, -0.15) is 0 Å². The molecule has 1 amide bonds. The smallest absolute Gasteiger partial charge is 0.228 e. The van der Waals surface area contributed by atoms with E-state index in [1.165, 1.54) is 0 Å². The van der Waals surface area contributed by atoms with Gasteiger partial charge in [0.05, 0.1) is 10.7 Å². The largest absolute Gasteiger partial charge is 0.322 e. The van der Waals surface area contributed by atoms with Crippen molar-refractivity contribution in [3.05, 3.63) is 28.8 Å². The normalized spacial score (nSPS) is 12.3. The highest BCUT2D eigenvalue weighted by molar-refractivity contribution is 6.33. The van der Waals surface area contributed by atoms with Crippen molar-refractivity contribution in [2.45, 2.75) is 13.8 Å². The van der Waals surface area contributed by atoms with Crippen molar-refractivity contribution >= 4 is 23.2 Å². The van der Waals surface area contributed by atoms with E-state index in [0.29, 0.717) is 12.6 Å². The van der Waals surface area contributed by atoms with E-state index in [9.17, 15) is 13.6 Å². The first-order valence-electron chi connectivity index (χ1n) is 5.61. The number of carbonyl (C=O) groups excluding carboxylic acids is 1. The van der Waals surface area contributed by atoms with Gasteiger partial charge in [-0.15, -0.1) is 0 Å². The van der Waals surface area contributed by atoms with Crippen molar-refractivity contribution in [3.63, 3.8) is 0 Å². The van der Waals surface area contributed by atoms with Crippen LogP contribution in [0.4, 0.5) is 14.5 Å². The van der Waals surface area contributed by atoms with E-state index in [4.69, 9.17) is 11.6 Å². The highest BCUT2D eigenvalue weighted by atomic mass is 35.5. The number of rotatable bonds is 5. The lowest BCUT2D eigenvalue weighted by atomic mass is 10.1. The molecule has 0 spiro atoms. The highest BCUT2D eigenvalue weighted by Gasteiger charge is 2.17. The summed E-state index contributed by atoms with van der Waals surface area (Å²) >= 11 is 5.68. The maximum atomic E-state index is 13.4. The topological polar surface area (TPSA) is 41.1 Å². The van der Waals surface area contributed by atoms with Crippen molar-refractivity contribution in [2.24, 2.45) is 5.92 Å². The van der Waals surface area contributed by atoms with E-state index >= 15 is 0 Å². The van der Waals surface area contributed by atoms with Crippen LogP contribution in [-0.4, -0.2) is 19.0 Å². The fourth-order valence-corrected chi connectivity index (χ4v) is 1.60. The summed E-state index contributed by atoms with van der Waals surface area (Å²) in [6.07, 6.45) is 0. The molecule has 0 fully saturated rings. The molecule has 0 saturated heterocycles. The molecular formula is C12H15ClF2N2O. The Morgan fingerprint density at radius 3 is 2.67 bits per heavy atom. The van der Waals surface area contributed by atoms with Crippen molar-refractivity contribution in [1.29, 1.82) is 0 Å².